The van der Waals surface area contributed by atoms with E-state index in [1.165, 1.54) is 0 Å². The fraction of sp³-hybridized carbons (Fsp3) is 0.263. The number of nitrogens with one attached hydrogen (secondary N) is 3. The second-order valence-electron chi connectivity index (χ2n) is 5.60. The molecule has 0 radical (unpaired) electrons. The predicted molar refractivity (Wildman–Crippen MR) is 98.9 cm³/mol. The van der Waals surface area contributed by atoms with Gasteiger partial charge in [0.05, 0.1) is 13.2 Å². The van der Waals surface area contributed by atoms with E-state index in [1.807, 2.05) is 31.2 Å². The molecular formula is C19H23N3O3. The minimum absolute atomic E-state index is 0.132. The highest BCUT2D eigenvalue weighted by Gasteiger charge is 2.06. The van der Waals surface area contributed by atoms with Gasteiger partial charge in [0.1, 0.15) is 0 Å². The molecule has 2 rings (SSSR count). The third-order valence-electron chi connectivity index (χ3n) is 3.49. The molecule has 0 atom stereocenters. The van der Waals surface area contributed by atoms with Gasteiger partial charge in [-0.3, -0.25) is 9.59 Å². The molecule has 3 N–H and O–H groups in total. The van der Waals surface area contributed by atoms with Crippen molar-refractivity contribution in [2.75, 3.05) is 37.4 Å². The first-order valence-electron chi connectivity index (χ1n) is 8.06. The zero-order valence-electron chi connectivity index (χ0n) is 14.5. The summed E-state index contributed by atoms with van der Waals surface area (Å²) < 4.78 is 4.89. The van der Waals surface area contributed by atoms with Gasteiger partial charge in [-0.2, -0.15) is 0 Å². The van der Waals surface area contributed by atoms with Crippen molar-refractivity contribution in [3.63, 3.8) is 0 Å². The molecule has 0 heterocycles. The summed E-state index contributed by atoms with van der Waals surface area (Å²) in [6.45, 7) is 3.06. The summed E-state index contributed by atoms with van der Waals surface area (Å²) in [4.78, 5) is 23.8. The van der Waals surface area contributed by atoms with Gasteiger partial charge >= 0.3 is 0 Å². The zero-order chi connectivity index (χ0) is 18.1. The number of aryl methyl sites for hydroxylation is 1. The predicted octanol–water partition coefficient (Wildman–Crippen LogP) is 2.42. The normalized spacial score (nSPS) is 10.2. The van der Waals surface area contributed by atoms with Crippen LogP contribution in [0.4, 0.5) is 11.4 Å². The Hall–Kier alpha value is -2.86. The van der Waals surface area contributed by atoms with Crippen LogP contribution in [-0.4, -0.2) is 38.6 Å². The lowest BCUT2D eigenvalue weighted by atomic mass is 10.2. The van der Waals surface area contributed by atoms with E-state index in [9.17, 15) is 9.59 Å². The molecule has 6 heteroatoms. The Labute approximate surface area is 147 Å². The van der Waals surface area contributed by atoms with Crippen LogP contribution in [0.15, 0.2) is 48.5 Å². The standard InChI is InChI=1S/C19H23N3O3/c1-14-4-3-5-17(12-14)22-18(23)13-21-16-8-6-15(7-9-16)19(24)20-10-11-25-2/h3-9,12,21H,10-11,13H2,1-2H3,(H,20,24)(H,22,23). The Morgan fingerprint density at radius 2 is 1.80 bits per heavy atom. The molecule has 132 valence electrons. The van der Waals surface area contributed by atoms with Gasteiger partial charge in [0.25, 0.3) is 5.91 Å². The summed E-state index contributed by atoms with van der Waals surface area (Å²) in [7, 11) is 1.59. The van der Waals surface area contributed by atoms with Crippen molar-refractivity contribution in [2.24, 2.45) is 0 Å². The number of anilines is 2. The fourth-order valence-electron chi connectivity index (χ4n) is 2.22. The Morgan fingerprint density at radius 3 is 2.48 bits per heavy atom. The van der Waals surface area contributed by atoms with Crippen LogP contribution in [0, 0.1) is 6.92 Å². The topological polar surface area (TPSA) is 79.5 Å². The molecule has 6 nitrogen and oxygen atoms in total. The van der Waals surface area contributed by atoms with Crippen LogP contribution in [-0.2, 0) is 9.53 Å². The molecule has 2 aromatic carbocycles. The van der Waals surface area contributed by atoms with Crippen LogP contribution in [0.2, 0.25) is 0 Å². The number of ether oxygens (including phenoxy) is 1. The molecule has 0 aliphatic heterocycles. The van der Waals surface area contributed by atoms with Crippen LogP contribution in [0.25, 0.3) is 0 Å². The lowest BCUT2D eigenvalue weighted by Crippen LogP contribution is -2.26. The second kappa shape index (κ2) is 9.44. The summed E-state index contributed by atoms with van der Waals surface area (Å²) in [6.07, 6.45) is 0. The van der Waals surface area contributed by atoms with Crippen molar-refractivity contribution in [1.82, 2.24) is 5.32 Å². The molecule has 2 aromatic rings. The SMILES string of the molecule is COCCNC(=O)c1ccc(NCC(=O)Nc2cccc(C)c2)cc1. The van der Waals surface area contributed by atoms with Crippen LogP contribution < -0.4 is 16.0 Å². The number of hydrogen-bond donors (Lipinski definition) is 3. The van der Waals surface area contributed by atoms with Crippen molar-refractivity contribution in [1.29, 1.82) is 0 Å². The summed E-state index contributed by atoms with van der Waals surface area (Å²) in [5.74, 6) is -0.284. The number of carbonyl (C=O) groups is 2. The highest BCUT2D eigenvalue weighted by molar-refractivity contribution is 5.95. The summed E-state index contributed by atoms with van der Waals surface area (Å²) in [5, 5.41) is 8.62. The minimum Gasteiger partial charge on any atom is -0.383 e. The maximum absolute atomic E-state index is 12.0. The van der Waals surface area contributed by atoms with Crippen molar-refractivity contribution in [3.8, 4) is 0 Å². The molecule has 0 aromatic heterocycles. The summed E-state index contributed by atoms with van der Waals surface area (Å²) in [6, 6.07) is 14.6. The van der Waals surface area contributed by atoms with E-state index in [0.717, 1.165) is 16.9 Å². The molecule has 0 aliphatic carbocycles. The molecule has 25 heavy (non-hydrogen) atoms. The van der Waals surface area contributed by atoms with Gasteiger partial charge in [-0.15, -0.1) is 0 Å². The number of methoxy groups -OCH3 is 1. The molecular weight excluding hydrogens is 318 g/mol. The van der Waals surface area contributed by atoms with Crippen LogP contribution >= 0.6 is 0 Å². The van der Waals surface area contributed by atoms with Crippen molar-refractivity contribution in [3.05, 3.63) is 59.7 Å². The van der Waals surface area contributed by atoms with Gasteiger partial charge in [0.15, 0.2) is 0 Å². The van der Waals surface area contributed by atoms with E-state index < -0.39 is 0 Å². The van der Waals surface area contributed by atoms with Crippen LogP contribution in [0.5, 0.6) is 0 Å². The molecule has 0 spiro atoms. The smallest absolute Gasteiger partial charge is 0.251 e. The number of hydrogen-bond acceptors (Lipinski definition) is 4. The van der Waals surface area contributed by atoms with Crippen molar-refractivity contribution < 1.29 is 14.3 Å². The number of rotatable bonds is 8. The van der Waals surface area contributed by atoms with Gasteiger partial charge in [-0.25, -0.2) is 0 Å². The third-order valence-corrected chi connectivity index (χ3v) is 3.49. The quantitative estimate of drug-likeness (QED) is 0.644. The monoisotopic (exact) mass is 341 g/mol. The first kappa shape index (κ1) is 18.5. The molecule has 0 saturated carbocycles. The fourth-order valence-corrected chi connectivity index (χ4v) is 2.22. The summed E-state index contributed by atoms with van der Waals surface area (Å²) >= 11 is 0. The number of benzene rings is 2. The Morgan fingerprint density at radius 1 is 1.04 bits per heavy atom. The molecule has 0 unspecified atom stereocenters. The Bertz CT molecular complexity index is 714. The lowest BCUT2D eigenvalue weighted by molar-refractivity contribution is -0.114. The average Bonchev–Trinajstić information content (AvgIpc) is 2.60. The lowest BCUT2D eigenvalue weighted by Gasteiger charge is -2.09. The highest BCUT2D eigenvalue weighted by atomic mass is 16.5. The van der Waals surface area contributed by atoms with E-state index in [1.54, 1.807) is 31.4 Å². The molecule has 0 fully saturated rings. The van der Waals surface area contributed by atoms with Gasteiger partial charge in [0, 0.05) is 30.6 Å². The highest BCUT2D eigenvalue weighted by Crippen LogP contribution is 2.11. The summed E-state index contributed by atoms with van der Waals surface area (Å²) in [5.41, 5.74) is 3.19. The third kappa shape index (κ3) is 6.27. The van der Waals surface area contributed by atoms with E-state index >= 15 is 0 Å². The molecule has 0 aliphatic rings. The number of carbonyl (C=O) groups excluding carboxylic acids is 2. The maximum Gasteiger partial charge on any atom is 0.251 e. The largest absolute Gasteiger partial charge is 0.383 e. The Balaban J connectivity index is 1.80. The molecule has 2 amide bonds. The van der Waals surface area contributed by atoms with Crippen LogP contribution in [0.3, 0.4) is 0 Å². The molecule has 0 bridgehead atoms. The van der Waals surface area contributed by atoms with Gasteiger partial charge in [-0.1, -0.05) is 12.1 Å². The van der Waals surface area contributed by atoms with E-state index in [4.69, 9.17) is 4.74 Å². The Kier molecular flexibility index (Phi) is 6.98. The first-order valence-corrected chi connectivity index (χ1v) is 8.06. The first-order chi connectivity index (χ1) is 12.1. The van der Waals surface area contributed by atoms with E-state index in [-0.39, 0.29) is 18.4 Å². The van der Waals surface area contributed by atoms with Crippen molar-refractivity contribution in [2.45, 2.75) is 6.92 Å². The minimum atomic E-state index is -0.152. The van der Waals surface area contributed by atoms with Crippen molar-refractivity contribution >= 4 is 23.2 Å². The van der Waals surface area contributed by atoms with Gasteiger partial charge in [0.2, 0.25) is 5.91 Å². The zero-order valence-corrected chi connectivity index (χ0v) is 14.5. The van der Waals surface area contributed by atoms with E-state index in [0.29, 0.717) is 18.7 Å². The molecule has 0 saturated heterocycles. The number of amides is 2. The maximum atomic E-state index is 12.0. The van der Waals surface area contributed by atoms with Gasteiger partial charge < -0.3 is 20.7 Å². The van der Waals surface area contributed by atoms with Crippen LogP contribution in [0.1, 0.15) is 15.9 Å². The van der Waals surface area contributed by atoms with E-state index in [2.05, 4.69) is 16.0 Å². The van der Waals surface area contributed by atoms with Gasteiger partial charge in [-0.05, 0) is 48.9 Å². The second-order valence-corrected chi connectivity index (χ2v) is 5.60. The average molecular weight is 341 g/mol.